The Kier molecular flexibility index (Phi) is 10.3. The number of aliphatic hydroxyl groups is 1. The molecule has 0 aliphatic rings. The van der Waals surface area contributed by atoms with Gasteiger partial charge in [0.2, 0.25) is 0 Å². The summed E-state index contributed by atoms with van der Waals surface area (Å²) in [6.45, 7) is 2.23. The average Bonchev–Trinajstić information content (AvgIpc) is 2.05. The molecule has 0 heterocycles. The molecule has 0 aliphatic heterocycles. The zero-order valence-electron chi connectivity index (χ0n) is 8.06. The van der Waals surface area contributed by atoms with Crippen molar-refractivity contribution in [2.75, 3.05) is 4.43 Å². The van der Waals surface area contributed by atoms with E-state index >= 15 is 0 Å². The lowest BCUT2D eigenvalue weighted by Crippen LogP contribution is -2.06. The first-order chi connectivity index (χ1) is 5.81. The molecule has 0 fully saturated rings. The van der Waals surface area contributed by atoms with Crippen LogP contribution >= 0.6 is 22.6 Å². The molecule has 0 saturated carbocycles. The normalized spacial score (nSPS) is 13.2. The molecule has 0 spiro atoms. The molecule has 0 aromatic heterocycles. The van der Waals surface area contributed by atoms with Gasteiger partial charge in [0.15, 0.2) is 0 Å². The van der Waals surface area contributed by atoms with Crippen LogP contribution in [0.1, 0.15) is 51.9 Å². The second kappa shape index (κ2) is 9.78. The minimum Gasteiger partial charge on any atom is -0.393 e. The molecule has 0 amide bonds. The maximum Gasteiger partial charge on any atom is 0.0547 e. The Hall–Kier alpha value is 0.690. The van der Waals surface area contributed by atoms with Crippen LogP contribution in [0.25, 0.3) is 0 Å². The van der Waals surface area contributed by atoms with Gasteiger partial charge in [-0.15, -0.1) is 0 Å². The molecule has 1 atom stereocenters. The summed E-state index contributed by atoms with van der Waals surface area (Å²) in [5, 5.41) is 9.40. The standard InChI is InChI=1S/C10H21IO/c1-2-3-4-5-6-7-10(12)8-9-11/h10,12H,2-9H2,1H3. The van der Waals surface area contributed by atoms with Crippen molar-refractivity contribution in [2.24, 2.45) is 0 Å². The van der Waals surface area contributed by atoms with Gasteiger partial charge in [-0.2, -0.15) is 0 Å². The van der Waals surface area contributed by atoms with Gasteiger partial charge in [-0.3, -0.25) is 0 Å². The second-order valence-corrected chi connectivity index (χ2v) is 4.41. The van der Waals surface area contributed by atoms with Crippen LogP contribution in [0.4, 0.5) is 0 Å². The van der Waals surface area contributed by atoms with Crippen LogP contribution in [0.15, 0.2) is 0 Å². The van der Waals surface area contributed by atoms with Crippen LogP contribution in [-0.2, 0) is 0 Å². The van der Waals surface area contributed by atoms with E-state index in [1.807, 2.05) is 0 Å². The third kappa shape index (κ3) is 8.78. The van der Waals surface area contributed by atoms with Gasteiger partial charge in [-0.05, 0) is 12.8 Å². The first-order valence-electron chi connectivity index (χ1n) is 5.05. The van der Waals surface area contributed by atoms with Gasteiger partial charge in [0.25, 0.3) is 0 Å². The minimum absolute atomic E-state index is 0.0384. The summed E-state index contributed by atoms with van der Waals surface area (Å²) in [6.07, 6.45) is 8.43. The predicted octanol–water partition coefficient (Wildman–Crippen LogP) is 3.53. The van der Waals surface area contributed by atoms with Crippen LogP contribution < -0.4 is 0 Å². The lowest BCUT2D eigenvalue weighted by Gasteiger charge is -2.07. The van der Waals surface area contributed by atoms with Crippen LogP contribution in [0.3, 0.4) is 0 Å². The molecule has 0 aliphatic carbocycles. The fraction of sp³-hybridized carbons (Fsp3) is 1.00. The molecule has 0 radical (unpaired) electrons. The van der Waals surface area contributed by atoms with Crippen molar-refractivity contribution in [3.8, 4) is 0 Å². The molecule has 2 heteroatoms. The highest BCUT2D eigenvalue weighted by Crippen LogP contribution is 2.09. The van der Waals surface area contributed by atoms with Crippen LogP contribution in [0.5, 0.6) is 0 Å². The highest BCUT2D eigenvalue weighted by Gasteiger charge is 2.01. The van der Waals surface area contributed by atoms with Crippen molar-refractivity contribution < 1.29 is 5.11 Å². The summed E-state index contributed by atoms with van der Waals surface area (Å²) in [5.74, 6) is 0. The van der Waals surface area contributed by atoms with Gasteiger partial charge in [0.1, 0.15) is 0 Å². The van der Waals surface area contributed by atoms with Crippen LogP contribution in [0.2, 0.25) is 0 Å². The molecule has 1 N–H and O–H groups in total. The maximum atomic E-state index is 9.40. The fourth-order valence-corrected chi connectivity index (χ4v) is 1.97. The fourth-order valence-electron chi connectivity index (χ4n) is 1.25. The predicted molar refractivity (Wildman–Crippen MR) is 62.9 cm³/mol. The number of unbranched alkanes of at least 4 members (excludes halogenated alkanes) is 4. The van der Waals surface area contributed by atoms with Crippen molar-refractivity contribution in [2.45, 2.75) is 58.0 Å². The molecular weight excluding hydrogens is 263 g/mol. The third-order valence-corrected chi connectivity index (χ3v) is 2.71. The molecule has 0 saturated heterocycles. The second-order valence-electron chi connectivity index (χ2n) is 3.33. The summed E-state index contributed by atoms with van der Waals surface area (Å²) >= 11 is 2.32. The average molecular weight is 284 g/mol. The van der Waals surface area contributed by atoms with Crippen molar-refractivity contribution in [1.29, 1.82) is 0 Å². The van der Waals surface area contributed by atoms with Gasteiger partial charge in [0, 0.05) is 4.43 Å². The van der Waals surface area contributed by atoms with Crippen LogP contribution in [-0.4, -0.2) is 15.6 Å². The molecule has 74 valence electrons. The maximum absolute atomic E-state index is 9.40. The highest BCUT2D eigenvalue weighted by atomic mass is 127. The quantitative estimate of drug-likeness (QED) is 0.410. The molecule has 0 aromatic rings. The molecule has 12 heavy (non-hydrogen) atoms. The molecule has 0 rings (SSSR count). The van der Waals surface area contributed by atoms with E-state index in [2.05, 4.69) is 29.5 Å². The van der Waals surface area contributed by atoms with E-state index in [1.165, 1.54) is 32.1 Å². The van der Waals surface area contributed by atoms with E-state index in [0.717, 1.165) is 17.3 Å². The summed E-state index contributed by atoms with van der Waals surface area (Å²) in [7, 11) is 0. The van der Waals surface area contributed by atoms with Gasteiger partial charge in [0.05, 0.1) is 6.10 Å². The molecule has 0 bridgehead atoms. The third-order valence-electron chi connectivity index (χ3n) is 2.08. The Morgan fingerprint density at radius 3 is 2.33 bits per heavy atom. The lowest BCUT2D eigenvalue weighted by molar-refractivity contribution is 0.158. The topological polar surface area (TPSA) is 20.2 Å². The van der Waals surface area contributed by atoms with E-state index in [1.54, 1.807) is 0 Å². The number of rotatable bonds is 8. The van der Waals surface area contributed by atoms with Crippen LogP contribution in [0, 0.1) is 0 Å². The van der Waals surface area contributed by atoms with Crippen molar-refractivity contribution in [3.63, 3.8) is 0 Å². The Morgan fingerprint density at radius 2 is 1.75 bits per heavy atom. The first-order valence-corrected chi connectivity index (χ1v) is 6.57. The van der Waals surface area contributed by atoms with Gasteiger partial charge in [-0.25, -0.2) is 0 Å². The zero-order valence-corrected chi connectivity index (χ0v) is 10.2. The first kappa shape index (κ1) is 12.7. The Balaban J connectivity index is 2.97. The number of alkyl halides is 1. The van der Waals surface area contributed by atoms with Gasteiger partial charge in [-0.1, -0.05) is 61.6 Å². The Bertz CT molecular complexity index is 85.9. The zero-order chi connectivity index (χ0) is 9.23. The number of aliphatic hydroxyl groups excluding tert-OH is 1. The number of halogens is 1. The van der Waals surface area contributed by atoms with E-state index in [0.29, 0.717) is 0 Å². The molecule has 1 unspecified atom stereocenters. The monoisotopic (exact) mass is 284 g/mol. The Labute approximate surface area is 90.1 Å². The summed E-state index contributed by atoms with van der Waals surface area (Å²) < 4.78 is 1.08. The van der Waals surface area contributed by atoms with Crippen molar-refractivity contribution >= 4 is 22.6 Å². The van der Waals surface area contributed by atoms with E-state index in [4.69, 9.17) is 0 Å². The SMILES string of the molecule is CCCCCCCC(O)CCI. The van der Waals surface area contributed by atoms with Crippen molar-refractivity contribution in [1.82, 2.24) is 0 Å². The van der Waals surface area contributed by atoms with Crippen molar-refractivity contribution in [3.05, 3.63) is 0 Å². The minimum atomic E-state index is -0.0384. The number of hydrogen-bond donors (Lipinski definition) is 1. The van der Waals surface area contributed by atoms with Gasteiger partial charge < -0.3 is 5.11 Å². The van der Waals surface area contributed by atoms with E-state index in [9.17, 15) is 5.11 Å². The highest BCUT2D eigenvalue weighted by molar-refractivity contribution is 14.1. The van der Waals surface area contributed by atoms with E-state index in [-0.39, 0.29) is 6.10 Å². The lowest BCUT2D eigenvalue weighted by atomic mass is 10.1. The van der Waals surface area contributed by atoms with Gasteiger partial charge >= 0.3 is 0 Å². The molecule has 1 nitrogen and oxygen atoms in total. The summed E-state index contributed by atoms with van der Waals surface area (Å²) in [6, 6.07) is 0. The summed E-state index contributed by atoms with van der Waals surface area (Å²) in [4.78, 5) is 0. The summed E-state index contributed by atoms with van der Waals surface area (Å²) in [5.41, 5.74) is 0. The number of hydrogen-bond acceptors (Lipinski definition) is 1. The molecule has 0 aromatic carbocycles. The smallest absolute Gasteiger partial charge is 0.0547 e. The van der Waals surface area contributed by atoms with E-state index < -0.39 is 0 Å². The largest absolute Gasteiger partial charge is 0.393 e. The molecular formula is C10H21IO. The Morgan fingerprint density at radius 1 is 1.08 bits per heavy atom.